The maximum Gasteiger partial charge on any atom is 1.00 e. The zero-order valence-electron chi connectivity index (χ0n) is 12.0. The molecule has 2 fully saturated rings. The maximum atomic E-state index is 11.9. The van der Waals surface area contributed by atoms with Gasteiger partial charge in [-0.05, 0) is 12.8 Å². The van der Waals surface area contributed by atoms with E-state index in [1.165, 1.54) is 7.11 Å². The summed E-state index contributed by atoms with van der Waals surface area (Å²) in [5, 5.41) is 2.87. The van der Waals surface area contributed by atoms with Crippen molar-refractivity contribution in [3.05, 3.63) is 0 Å². The number of Topliss-reactive ketones (excluding diaryl/α,β-unsaturated/α-hetero) is 1. The third-order valence-electron chi connectivity index (χ3n) is 3.73. The van der Waals surface area contributed by atoms with Gasteiger partial charge in [0.2, 0.25) is 5.91 Å². The smallest absolute Gasteiger partial charge is 1.00 e. The number of piperidine rings is 1. The Labute approximate surface area is 130 Å². The molecule has 1 aliphatic carbocycles. The van der Waals surface area contributed by atoms with Gasteiger partial charge in [0.25, 0.3) is 0 Å². The Bertz CT molecular complexity index is 349. The molecule has 1 unspecified atom stereocenters. The molecule has 0 aromatic rings. The molecule has 5 nitrogen and oxygen atoms in total. The molecule has 0 radical (unpaired) electrons. The molecule has 1 heterocycles. The van der Waals surface area contributed by atoms with Crippen LogP contribution in [0.2, 0.25) is 0 Å². The summed E-state index contributed by atoms with van der Waals surface area (Å²) in [7, 11) is 1.19. The van der Waals surface area contributed by atoms with E-state index in [2.05, 4.69) is 10.1 Å². The zero-order chi connectivity index (χ0) is 12.5. The second-order valence-corrected chi connectivity index (χ2v) is 4.93. The van der Waals surface area contributed by atoms with E-state index in [-0.39, 0.29) is 43.2 Å². The summed E-state index contributed by atoms with van der Waals surface area (Å²) in [5.74, 6) is -2.80. The largest absolute Gasteiger partial charge is 1.00 e. The van der Waals surface area contributed by atoms with Crippen LogP contribution in [0.1, 0.15) is 40.0 Å². The Morgan fingerprint density at radius 3 is 2.44 bits per heavy atom. The fourth-order valence-corrected chi connectivity index (χ4v) is 2.85. The quantitative estimate of drug-likeness (QED) is 0.328. The first-order valence-electron chi connectivity index (χ1n) is 6.00. The molecule has 0 aromatic carbocycles. The van der Waals surface area contributed by atoms with Crippen LogP contribution in [0.4, 0.5) is 0 Å². The summed E-state index contributed by atoms with van der Waals surface area (Å²) in [6.45, 7) is 0. The van der Waals surface area contributed by atoms with Crippen molar-refractivity contribution in [1.29, 1.82) is 0 Å². The summed E-state index contributed by atoms with van der Waals surface area (Å²) < 4.78 is 4.49. The number of carbonyl (C=O) groups excluding carboxylic acids is 3. The molecule has 0 bridgehead atoms. The summed E-state index contributed by atoms with van der Waals surface area (Å²) in [6.07, 6.45) is 5.12. The van der Waals surface area contributed by atoms with Crippen LogP contribution < -0.4 is 34.9 Å². The van der Waals surface area contributed by atoms with Gasteiger partial charge in [0.15, 0.2) is 11.7 Å². The van der Waals surface area contributed by atoms with Gasteiger partial charge in [-0.1, -0.05) is 19.3 Å². The van der Waals surface area contributed by atoms with E-state index in [9.17, 15) is 14.4 Å². The number of ether oxygens (including phenoxy) is 1. The number of ketones is 1. The fourth-order valence-electron chi connectivity index (χ4n) is 2.85. The molecule has 1 N–H and O–H groups in total. The van der Waals surface area contributed by atoms with Gasteiger partial charge in [-0.2, -0.15) is 0 Å². The molecule has 0 aromatic heterocycles. The molecular formula is C12H18NNaO4. The number of esters is 1. The van der Waals surface area contributed by atoms with Gasteiger partial charge in [0.05, 0.1) is 7.11 Å². The topological polar surface area (TPSA) is 72.5 Å². The molecule has 18 heavy (non-hydrogen) atoms. The summed E-state index contributed by atoms with van der Waals surface area (Å²) >= 11 is 0. The van der Waals surface area contributed by atoms with Gasteiger partial charge in [0.1, 0.15) is 0 Å². The second kappa shape index (κ2) is 6.17. The van der Waals surface area contributed by atoms with Gasteiger partial charge in [-0.3, -0.25) is 14.4 Å². The van der Waals surface area contributed by atoms with Gasteiger partial charge in [-0.15, -0.1) is 0 Å². The van der Waals surface area contributed by atoms with Crippen LogP contribution in [0.15, 0.2) is 0 Å². The van der Waals surface area contributed by atoms with E-state index in [1.54, 1.807) is 0 Å². The molecule has 96 valence electrons. The van der Waals surface area contributed by atoms with Crippen molar-refractivity contribution in [1.82, 2.24) is 5.32 Å². The Morgan fingerprint density at radius 2 is 1.94 bits per heavy atom. The molecule has 1 atom stereocenters. The van der Waals surface area contributed by atoms with Crippen LogP contribution in [0.25, 0.3) is 0 Å². The fraction of sp³-hybridized carbons (Fsp3) is 0.750. The Balaban J connectivity index is 0.00000162. The average molecular weight is 263 g/mol. The van der Waals surface area contributed by atoms with Crippen molar-refractivity contribution in [3.63, 3.8) is 0 Å². The number of hydrogen-bond donors (Lipinski definition) is 1. The van der Waals surface area contributed by atoms with Crippen molar-refractivity contribution < 1.29 is 50.1 Å². The number of nitrogens with one attached hydrogen (secondary N) is 1. The molecule has 2 rings (SSSR count). The van der Waals surface area contributed by atoms with Crippen molar-refractivity contribution in [3.8, 4) is 0 Å². The molecular weight excluding hydrogens is 245 g/mol. The monoisotopic (exact) mass is 263 g/mol. The Morgan fingerprint density at radius 1 is 1.33 bits per heavy atom. The SMILES string of the molecule is COC(=O)C1C(=O)CC2(CCCCC2)NC1=O.[H-].[Na+]. The van der Waals surface area contributed by atoms with E-state index in [1.807, 2.05) is 0 Å². The number of amides is 1. The van der Waals surface area contributed by atoms with Crippen LogP contribution in [0.5, 0.6) is 0 Å². The maximum absolute atomic E-state index is 11.9. The molecule has 2 aliphatic rings. The first kappa shape index (κ1) is 15.7. The molecule has 1 spiro atoms. The van der Waals surface area contributed by atoms with Crippen LogP contribution in [-0.2, 0) is 19.1 Å². The predicted octanol–water partition coefficient (Wildman–Crippen LogP) is -2.32. The van der Waals surface area contributed by atoms with Crippen molar-refractivity contribution in [2.75, 3.05) is 7.11 Å². The van der Waals surface area contributed by atoms with E-state index in [0.29, 0.717) is 0 Å². The minimum atomic E-state index is -1.26. The molecule has 1 aliphatic heterocycles. The molecule has 1 saturated carbocycles. The van der Waals surface area contributed by atoms with Crippen molar-refractivity contribution in [2.45, 2.75) is 44.1 Å². The van der Waals surface area contributed by atoms with Gasteiger partial charge in [0, 0.05) is 12.0 Å². The first-order valence-corrected chi connectivity index (χ1v) is 6.00. The number of hydrogen-bond acceptors (Lipinski definition) is 4. The van der Waals surface area contributed by atoms with Crippen molar-refractivity contribution >= 4 is 17.7 Å². The van der Waals surface area contributed by atoms with E-state index < -0.39 is 23.3 Å². The third-order valence-corrected chi connectivity index (χ3v) is 3.73. The Kier molecular flexibility index (Phi) is 5.37. The number of methoxy groups -OCH3 is 1. The summed E-state index contributed by atoms with van der Waals surface area (Å²) in [5.41, 5.74) is -0.392. The second-order valence-electron chi connectivity index (χ2n) is 4.93. The van der Waals surface area contributed by atoms with Crippen LogP contribution >= 0.6 is 0 Å². The summed E-state index contributed by atoms with van der Waals surface area (Å²) in [4.78, 5) is 35.1. The molecule has 1 amide bonds. The number of carbonyl (C=O) groups is 3. The van der Waals surface area contributed by atoms with Crippen molar-refractivity contribution in [2.24, 2.45) is 5.92 Å². The molecule has 1 saturated heterocycles. The zero-order valence-corrected chi connectivity index (χ0v) is 13.0. The minimum absolute atomic E-state index is 0. The van der Waals surface area contributed by atoms with E-state index >= 15 is 0 Å². The van der Waals surface area contributed by atoms with Gasteiger partial charge in [-0.25, -0.2) is 0 Å². The predicted molar refractivity (Wildman–Crippen MR) is 60.2 cm³/mol. The van der Waals surface area contributed by atoms with Gasteiger partial charge >= 0.3 is 35.5 Å². The normalized spacial score (nSPS) is 26.2. The number of rotatable bonds is 1. The standard InChI is InChI=1S/C12H17NO4.Na.H/c1-17-11(16)9-8(14)7-12(13-10(9)15)5-3-2-4-6-12;;/h9H,2-7H2,1H3,(H,13,15);;/q;+1;-1. The summed E-state index contributed by atoms with van der Waals surface area (Å²) in [6, 6.07) is 0. The molecule has 6 heteroatoms. The van der Waals surface area contributed by atoms with Crippen LogP contribution in [-0.4, -0.2) is 30.3 Å². The third kappa shape index (κ3) is 2.95. The van der Waals surface area contributed by atoms with Crippen LogP contribution in [0.3, 0.4) is 0 Å². The minimum Gasteiger partial charge on any atom is -1.00 e. The Hall–Kier alpha value is -0.390. The van der Waals surface area contributed by atoms with E-state index in [0.717, 1.165) is 32.1 Å². The first-order chi connectivity index (χ1) is 8.08. The average Bonchev–Trinajstić information content (AvgIpc) is 2.28. The van der Waals surface area contributed by atoms with Gasteiger partial charge < -0.3 is 11.5 Å². The van der Waals surface area contributed by atoms with E-state index in [4.69, 9.17) is 0 Å². The van der Waals surface area contributed by atoms with Crippen LogP contribution in [0, 0.1) is 5.92 Å².